The van der Waals surface area contributed by atoms with Gasteiger partial charge in [0.05, 0.1) is 45.5 Å². The van der Waals surface area contributed by atoms with Gasteiger partial charge in [-0.05, 0) is 25.1 Å². The summed E-state index contributed by atoms with van der Waals surface area (Å²) < 4.78 is 21.3. The monoisotopic (exact) mass is 471 g/mol. The second kappa shape index (κ2) is 8.67. The van der Waals surface area contributed by atoms with Crippen molar-refractivity contribution in [3.63, 3.8) is 0 Å². The van der Waals surface area contributed by atoms with Crippen molar-refractivity contribution in [2.75, 3.05) is 31.2 Å². The highest BCUT2D eigenvalue weighted by Gasteiger charge is 2.23. The molecule has 0 spiro atoms. The molecule has 0 aliphatic carbocycles. The third-order valence-corrected chi connectivity index (χ3v) is 6.95. The van der Waals surface area contributed by atoms with Gasteiger partial charge in [0, 0.05) is 41.6 Å². The average molecular weight is 472 g/mol. The summed E-state index contributed by atoms with van der Waals surface area (Å²) in [5.41, 5.74) is 2.71. The minimum absolute atomic E-state index is 0.106. The number of hydrogen-bond acceptors (Lipinski definition) is 8. The Kier molecular flexibility index (Phi) is 5.73. The molecule has 32 heavy (non-hydrogen) atoms. The highest BCUT2D eigenvalue weighted by atomic mass is 35.5. The van der Waals surface area contributed by atoms with Gasteiger partial charge in [0.15, 0.2) is 0 Å². The quantitative estimate of drug-likeness (QED) is 0.478. The van der Waals surface area contributed by atoms with Crippen LogP contribution in [0.15, 0.2) is 36.9 Å². The fraction of sp³-hybridized carbons (Fsp3) is 0.273. The number of anilines is 1. The van der Waals surface area contributed by atoms with E-state index in [9.17, 15) is 5.11 Å². The fourth-order valence-corrected chi connectivity index (χ4v) is 5.18. The second-order valence-corrected chi connectivity index (χ2v) is 8.84. The number of hydrogen-bond donors (Lipinski definition) is 1. The summed E-state index contributed by atoms with van der Waals surface area (Å²) in [7, 11) is 0. The predicted molar refractivity (Wildman–Crippen MR) is 122 cm³/mol. The van der Waals surface area contributed by atoms with Crippen molar-refractivity contribution in [3.8, 4) is 11.3 Å². The lowest BCUT2D eigenvalue weighted by Gasteiger charge is -2.27. The van der Waals surface area contributed by atoms with Gasteiger partial charge in [-0.2, -0.15) is 0 Å². The smallest absolute Gasteiger partial charge is 0.134 e. The van der Waals surface area contributed by atoms with Crippen LogP contribution in [0.2, 0.25) is 5.02 Å². The molecule has 0 amide bonds. The molecule has 1 unspecified atom stereocenters. The fourth-order valence-electron chi connectivity index (χ4n) is 3.76. The van der Waals surface area contributed by atoms with Gasteiger partial charge in [-0.15, -0.1) is 11.3 Å². The summed E-state index contributed by atoms with van der Waals surface area (Å²) in [6.07, 6.45) is 3.31. The van der Waals surface area contributed by atoms with Crippen molar-refractivity contribution in [2.24, 2.45) is 0 Å². The Morgan fingerprint density at radius 3 is 2.69 bits per heavy atom. The Morgan fingerprint density at radius 1 is 1.12 bits per heavy atom. The molecule has 1 aliphatic rings. The van der Waals surface area contributed by atoms with Gasteiger partial charge in [0.1, 0.15) is 18.2 Å². The molecule has 1 fully saturated rings. The number of benzene rings is 1. The van der Waals surface area contributed by atoms with Gasteiger partial charge in [0.2, 0.25) is 0 Å². The molecule has 1 aromatic carbocycles. The molecule has 5 rings (SSSR count). The summed E-state index contributed by atoms with van der Waals surface area (Å²) in [6, 6.07) is 4.72. The van der Waals surface area contributed by atoms with E-state index < -0.39 is 11.9 Å². The maximum atomic E-state index is 15.1. The van der Waals surface area contributed by atoms with E-state index in [2.05, 4.69) is 24.8 Å². The standard InChI is InChI=1S/C22H19ClFN5O2S/c1-12-19(26-3-2-25-12)21(30)13-8-14(16(24)9-15(13)23)20-22-17(27-11-28-20)10-18(32-22)29-4-6-31-7-5-29/h2-3,8-11,21,30H,4-7H2,1H3. The molecule has 4 aromatic rings. The molecule has 0 saturated carbocycles. The molecule has 7 nitrogen and oxygen atoms in total. The van der Waals surface area contributed by atoms with Crippen LogP contribution in [0.4, 0.5) is 9.39 Å². The van der Waals surface area contributed by atoms with Crippen molar-refractivity contribution in [1.82, 2.24) is 19.9 Å². The van der Waals surface area contributed by atoms with Gasteiger partial charge in [0.25, 0.3) is 0 Å². The normalized spacial score (nSPS) is 15.3. The highest BCUT2D eigenvalue weighted by molar-refractivity contribution is 7.23. The van der Waals surface area contributed by atoms with Gasteiger partial charge >= 0.3 is 0 Å². The zero-order valence-corrected chi connectivity index (χ0v) is 18.7. The number of aliphatic hydroxyl groups is 1. The van der Waals surface area contributed by atoms with E-state index >= 15 is 4.39 Å². The van der Waals surface area contributed by atoms with Crippen LogP contribution in [0.5, 0.6) is 0 Å². The maximum absolute atomic E-state index is 15.1. The predicted octanol–water partition coefficient (Wildman–Crippen LogP) is 4.17. The molecule has 10 heteroatoms. The van der Waals surface area contributed by atoms with Crippen LogP contribution in [-0.4, -0.2) is 51.3 Å². The Hall–Kier alpha value is -2.72. The van der Waals surface area contributed by atoms with E-state index in [0.717, 1.165) is 28.3 Å². The first-order valence-electron chi connectivity index (χ1n) is 10.0. The van der Waals surface area contributed by atoms with Crippen LogP contribution in [0, 0.1) is 12.7 Å². The lowest BCUT2D eigenvalue weighted by Crippen LogP contribution is -2.35. The summed E-state index contributed by atoms with van der Waals surface area (Å²) in [5.74, 6) is -0.525. The van der Waals surface area contributed by atoms with Gasteiger partial charge in [-0.25, -0.2) is 14.4 Å². The molecule has 0 radical (unpaired) electrons. The minimum atomic E-state index is -1.15. The number of aromatic nitrogens is 4. The number of halogens is 2. The van der Waals surface area contributed by atoms with Crippen LogP contribution >= 0.6 is 22.9 Å². The molecule has 1 N–H and O–H groups in total. The molecular formula is C22H19ClFN5O2S. The van der Waals surface area contributed by atoms with Crippen LogP contribution in [0.1, 0.15) is 23.1 Å². The van der Waals surface area contributed by atoms with E-state index in [0.29, 0.717) is 35.9 Å². The van der Waals surface area contributed by atoms with Gasteiger partial charge in [-0.3, -0.25) is 9.97 Å². The van der Waals surface area contributed by atoms with Gasteiger partial charge < -0.3 is 14.7 Å². The molecule has 0 bridgehead atoms. The lowest BCUT2D eigenvalue weighted by atomic mass is 10.00. The van der Waals surface area contributed by atoms with Crippen LogP contribution < -0.4 is 4.90 Å². The number of fused-ring (bicyclic) bond motifs is 1. The van der Waals surface area contributed by atoms with Crippen LogP contribution in [0.3, 0.4) is 0 Å². The van der Waals surface area contributed by atoms with E-state index in [4.69, 9.17) is 16.3 Å². The molecular weight excluding hydrogens is 453 g/mol. The number of aryl methyl sites for hydroxylation is 1. The Balaban J connectivity index is 1.61. The Labute approximate surface area is 192 Å². The van der Waals surface area contributed by atoms with E-state index in [1.54, 1.807) is 13.1 Å². The first kappa shape index (κ1) is 21.1. The van der Waals surface area contributed by atoms with Crippen LogP contribution in [0.25, 0.3) is 21.5 Å². The van der Waals surface area contributed by atoms with Crippen molar-refractivity contribution < 1.29 is 14.2 Å². The first-order valence-corrected chi connectivity index (χ1v) is 11.2. The molecule has 4 heterocycles. The van der Waals surface area contributed by atoms with E-state index in [1.165, 1.54) is 36.0 Å². The number of aliphatic hydroxyl groups excluding tert-OH is 1. The summed E-state index contributed by atoms with van der Waals surface area (Å²) in [6.45, 7) is 4.66. The molecule has 3 aromatic heterocycles. The molecule has 164 valence electrons. The third kappa shape index (κ3) is 3.81. The molecule has 1 saturated heterocycles. The van der Waals surface area contributed by atoms with E-state index in [-0.39, 0.29) is 10.6 Å². The number of nitrogens with zero attached hydrogens (tertiary/aromatic N) is 5. The Bertz CT molecular complexity index is 1290. The maximum Gasteiger partial charge on any atom is 0.134 e. The average Bonchev–Trinajstić information content (AvgIpc) is 3.24. The highest BCUT2D eigenvalue weighted by Crippen LogP contribution is 2.40. The Morgan fingerprint density at radius 2 is 1.91 bits per heavy atom. The first-order chi connectivity index (χ1) is 15.5. The van der Waals surface area contributed by atoms with Crippen LogP contribution in [-0.2, 0) is 4.74 Å². The van der Waals surface area contributed by atoms with Crippen molar-refractivity contribution in [1.29, 1.82) is 0 Å². The minimum Gasteiger partial charge on any atom is -0.382 e. The zero-order chi connectivity index (χ0) is 22.2. The third-order valence-electron chi connectivity index (χ3n) is 5.44. The van der Waals surface area contributed by atoms with Crippen molar-refractivity contribution in [2.45, 2.75) is 13.0 Å². The van der Waals surface area contributed by atoms with Gasteiger partial charge in [-0.1, -0.05) is 11.6 Å². The number of thiophene rings is 1. The molecule has 1 atom stereocenters. The summed E-state index contributed by atoms with van der Waals surface area (Å²) in [4.78, 5) is 19.4. The number of morpholine rings is 1. The van der Waals surface area contributed by atoms with E-state index in [1.807, 2.05) is 6.07 Å². The summed E-state index contributed by atoms with van der Waals surface area (Å²) in [5, 5.41) is 12.1. The largest absolute Gasteiger partial charge is 0.382 e. The second-order valence-electron chi connectivity index (χ2n) is 7.40. The summed E-state index contributed by atoms with van der Waals surface area (Å²) >= 11 is 7.83. The topological polar surface area (TPSA) is 84.3 Å². The van der Waals surface area contributed by atoms with Crippen molar-refractivity contribution >= 4 is 38.2 Å². The zero-order valence-electron chi connectivity index (χ0n) is 17.1. The lowest BCUT2D eigenvalue weighted by molar-refractivity contribution is 0.123. The number of rotatable bonds is 4. The number of ether oxygens (including phenoxy) is 1. The molecule has 1 aliphatic heterocycles. The van der Waals surface area contributed by atoms with Crippen molar-refractivity contribution in [3.05, 3.63) is 64.7 Å². The SMILES string of the molecule is Cc1nccnc1C(O)c1cc(-c2ncnc3cc(N4CCOCC4)sc23)c(F)cc1Cl.